The zero-order valence-electron chi connectivity index (χ0n) is 17.6. The van der Waals surface area contributed by atoms with Gasteiger partial charge in [0.05, 0.1) is 18.5 Å². The number of pyridine rings is 1. The molecular formula is C21H33N3OS. The number of aromatic nitrogens is 3. The fourth-order valence-electron chi connectivity index (χ4n) is 3.38. The first-order chi connectivity index (χ1) is 12.2. The van der Waals surface area contributed by atoms with Crippen molar-refractivity contribution < 1.29 is 4.74 Å². The van der Waals surface area contributed by atoms with Gasteiger partial charge in [0.2, 0.25) is 0 Å². The van der Waals surface area contributed by atoms with Gasteiger partial charge >= 0.3 is 0 Å². The lowest BCUT2D eigenvalue weighted by Gasteiger charge is -2.27. The van der Waals surface area contributed by atoms with Gasteiger partial charge in [-0.3, -0.25) is 9.67 Å². The van der Waals surface area contributed by atoms with Gasteiger partial charge in [-0.2, -0.15) is 16.9 Å². The van der Waals surface area contributed by atoms with E-state index in [9.17, 15) is 0 Å². The Morgan fingerprint density at radius 1 is 1.08 bits per heavy atom. The lowest BCUT2D eigenvalue weighted by Crippen LogP contribution is -2.26. The minimum Gasteiger partial charge on any atom is -0.496 e. The molecule has 2 atom stereocenters. The number of ether oxygens (including phenoxy) is 1. The molecule has 0 bridgehead atoms. The van der Waals surface area contributed by atoms with E-state index in [1.54, 1.807) is 7.11 Å². The highest BCUT2D eigenvalue weighted by molar-refractivity contribution is 7.99. The summed E-state index contributed by atoms with van der Waals surface area (Å²) in [6.45, 7) is 15.3. The first-order valence-corrected chi connectivity index (χ1v) is 10.6. The largest absolute Gasteiger partial charge is 0.496 e. The molecule has 2 unspecified atom stereocenters. The fourth-order valence-corrected chi connectivity index (χ4v) is 3.88. The molecule has 0 amide bonds. The summed E-state index contributed by atoms with van der Waals surface area (Å²) in [4.78, 5) is 4.83. The van der Waals surface area contributed by atoms with Crippen LogP contribution in [0.15, 0.2) is 12.3 Å². The lowest BCUT2D eigenvalue weighted by atomic mass is 10.0. The van der Waals surface area contributed by atoms with E-state index < -0.39 is 0 Å². The van der Waals surface area contributed by atoms with Crippen molar-refractivity contribution in [3.8, 4) is 5.75 Å². The van der Waals surface area contributed by atoms with E-state index in [-0.39, 0.29) is 6.04 Å². The second-order valence-electron chi connectivity index (χ2n) is 7.62. The van der Waals surface area contributed by atoms with Crippen molar-refractivity contribution in [2.75, 3.05) is 13.4 Å². The molecule has 2 rings (SSSR count). The highest BCUT2D eigenvalue weighted by Crippen LogP contribution is 2.36. The SMILES string of the molecule is COc1c(C)cnc(C(C(C)SC)n2nc(C(C)C)cc2C(C)C)c1C. The van der Waals surface area contributed by atoms with Crippen molar-refractivity contribution in [2.24, 2.45) is 0 Å². The summed E-state index contributed by atoms with van der Waals surface area (Å²) in [5.41, 5.74) is 5.63. The number of thioether (sulfide) groups is 1. The van der Waals surface area contributed by atoms with E-state index >= 15 is 0 Å². The summed E-state index contributed by atoms with van der Waals surface area (Å²) in [7, 11) is 1.73. The van der Waals surface area contributed by atoms with Gasteiger partial charge in [-0.05, 0) is 38.0 Å². The van der Waals surface area contributed by atoms with Gasteiger partial charge in [-0.1, -0.05) is 34.6 Å². The van der Waals surface area contributed by atoms with Crippen LogP contribution in [-0.4, -0.2) is 33.4 Å². The smallest absolute Gasteiger partial charge is 0.128 e. The maximum Gasteiger partial charge on any atom is 0.128 e. The quantitative estimate of drug-likeness (QED) is 0.641. The molecular weight excluding hydrogens is 342 g/mol. The predicted octanol–water partition coefficient (Wildman–Crippen LogP) is 5.49. The third-order valence-electron chi connectivity index (χ3n) is 5.01. The maximum absolute atomic E-state index is 5.66. The minimum atomic E-state index is 0.0735. The number of nitrogens with zero attached hydrogens (tertiary/aromatic N) is 3. The first kappa shape index (κ1) is 20.8. The molecule has 2 aromatic rings. The molecule has 26 heavy (non-hydrogen) atoms. The molecule has 0 aliphatic heterocycles. The Morgan fingerprint density at radius 2 is 1.73 bits per heavy atom. The number of rotatable bonds is 7. The van der Waals surface area contributed by atoms with Crippen molar-refractivity contribution in [1.82, 2.24) is 14.8 Å². The first-order valence-electron chi connectivity index (χ1n) is 9.35. The summed E-state index contributed by atoms with van der Waals surface area (Å²) in [5, 5.41) is 5.36. The molecule has 0 saturated heterocycles. The van der Waals surface area contributed by atoms with Crippen LogP contribution < -0.4 is 4.74 Å². The molecule has 0 spiro atoms. The van der Waals surface area contributed by atoms with Crippen molar-refractivity contribution in [3.05, 3.63) is 40.5 Å². The summed E-state index contributed by atoms with van der Waals surface area (Å²) in [6.07, 6.45) is 4.07. The summed E-state index contributed by atoms with van der Waals surface area (Å²) in [5.74, 6) is 1.73. The Bertz CT molecular complexity index is 752. The molecule has 0 radical (unpaired) electrons. The Morgan fingerprint density at radius 3 is 2.23 bits per heavy atom. The van der Waals surface area contributed by atoms with Crippen LogP contribution in [0.5, 0.6) is 5.75 Å². The molecule has 4 nitrogen and oxygen atoms in total. The monoisotopic (exact) mass is 375 g/mol. The van der Waals surface area contributed by atoms with E-state index in [0.717, 1.165) is 28.3 Å². The molecule has 0 N–H and O–H groups in total. The van der Waals surface area contributed by atoms with Crippen LogP contribution in [0.2, 0.25) is 0 Å². The molecule has 0 saturated carbocycles. The van der Waals surface area contributed by atoms with Crippen LogP contribution in [0.4, 0.5) is 0 Å². The standard InChI is InChI=1S/C21H33N3OS/c1-12(2)17-10-18(13(3)4)24(23-17)20(16(7)26-9)19-15(6)21(25-8)14(5)11-22-19/h10-13,16,20H,1-9H3. The van der Waals surface area contributed by atoms with Gasteiger partial charge in [-0.15, -0.1) is 0 Å². The van der Waals surface area contributed by atoms with E-state index in [1.165, 1.54) is 5.69 Å². The fraction of sp³-hybridized carbons (Fsp3) is 0.619. The van der Waals surface area contributed by atoms with Gasteiger partial charge in [-0.25, -0.2) is 0 Å². The predicted molar refractivity (Wildman–Crippen MR) is 112 cm³/mol. The molecule has 144 valence electrons. The van der Waals surface area contributed by atoms with Crippen molar-refractivity contribution >= 4 is 11.8 Å². The highest BCUT2D eigenvalue weighted by Gasteiger charge is 2.29. The van der Waals surface area contributed by atoms with E-state index in [1.807, 2.05) is 24.9 Å². The summed E-state index contributed by atoms with van der Waals surface area (Å²) >= 11 is 1.85. The van der Waals surface area contributed by atoms with E-state index in [4.69, 9.17) is 14.8 Å². The molecule has 0 aliphatic rings. The Balaban J connectivity index is 2.71. The zero-order chi connectivity index (χ0) is 19.6. The average Bonchev–Trinajstić information content (AvgIpc) is 3.03. The summed E-state index contributed by atoms with van der Waals surface area (Å²) < 4.78 is 7.87. The lowest BCUT2D eigenvalue weighted by molar-refractivity contribution is 0.402. The number of hydrogen-bond donors (Lipinski definition) is 0. The van der Waals surface area contributed by atoms with E-state index in [0.29, 0.717) is 17.1 Å². The Kier molecular flexibility index (Phi) is 6.78. The third-order valence-corrected chi connectivity index (χ3v) is 6.01. The Labute approximate surface area is 162 Å². The van der Waals surface area contributed by atoms with Crippen molar-refractivity contribution in [3.63, 3.8) is 0 Å². The number of hydrogen-bond acceptors (Lipinski definition) is 4. The van der Waals surface area contributed by atoms with Crippen LogP contribution in [0, 0.1) is 13.8 Å². The van der Waals surface area contributed by atoms with Crippen molar-refractivity contribution in [2.45, 2.75) is 71.6 Å². The van der Waals surface area contributed by atoms with E-state index in [2.05, 4.69) is 58.5 Å². The topological polar surface area (TPSA) is 39.9 Å². The van der Waals surface area contributed by atoms with Crippen molar-refractivity contribution in [1.29, 1.82) is 0 Å². The zero-order valence-corrected chi connectivity index (χ0v) is 18.4. The van der Waals surface area contributed by atoms with Crippen LogP contribution in [0.3, 0.4) is 0 Å². The van der Waals surface area contributed by atoms with Gasteiger partial charge < -0.3 is 4.74 Å². The molecule has 2 heterocycles. The minimum absolute atomic E-state index is 0.0735. The molecule has 2 aromatic heterocycles. The summed E-state index contributed by atoms with van der Waals surface area (Å²) in [6, 6.07) is 2.33. The normalized spacial score (nSPS) is 14.1. The van der Waals surface area contributed by atoms with Crippen LogP contribution >= 0.6 is 11.8 Å². The van der Waals surface area contributed by atoms with Crippen LogP contribution in [-0.2, 0) is 0 Å². The van der Waals surface area contributed by atoms with Gasteiger partial charge in [0.1, 0.15) is 11.8 Å². The third kappa shape index (κ3) is 3.93. The molecule has 0 fully saturated rings. The van der Waals surface area contributed by atoms with Crippen LogP contribution in [0.1, 0.15) is 80.7 Å². The number of aryl methyl sites for hydroxylation is 1. The van der Waals surface area contributed by atoms with Gasteiger partial charge in [0, 0.05) is 28.3 Å². The maximum atomic E-state index is 5.66. The van der Waals surface area contributed by atoms with Crippen LogP contribution in [0.25, 0.3) is 0 Å². The van der Waals surface area contributed by atoms with Gasteiger partial charge in [0.15, 0.2) is 0 Å². The molecule has 5 heteroatoms. The number of methoxy groups -OCH3 is 1. The van der Waals surface area contributed by atoms with Gasteiger partial charge in [0.25, 0.3) is 0 Å². The average molecular weight is 376 g/mol. The Hall–Kier alpha value is -1.49. The second-order valence-corrected chi connectivity index (χ2v) is 8.83. The highest BCUT2D eigenvalue weighted by atomic mass is 32.2. The molecule has 0 aliphatic carbocycles. The second kappa shape index (κ2) is 8.47. The molecule has 0 aromatic carbocycles.